The maximum absolute atomic E-state index is 12.3. The molecule has 0 amide bonds. The average Bonchev–Trinajstić information content (AvgIpc) is 2.95. The molecule has 3 N–H and O–H groups in total. The lowest BCUT2D eigenvalue weighted by Gasteiger charge is -2.09. The van der Waals surface area contributed by atoms with Gasteiger partial charge in [0.15, 0.2) is 0 Å². The molecule has 0 saturated heterocycles. The van der Waals surface area contributed by atoms with Crippen molar-refractivity contribution in [2.24, 2.45) is 0 Å². The number of rotatable bonds is 3. The summed E-state index contributed by atoms with van der Waals surface area (Å²) in [6.07, 6.45) is -4.72. The first-order chi connectivity index (χ1) is 10.9. The third-order valence-corrected chi connectivity index (χ3v) is 3.14. The molecule has 0 aliphatic carbocycles. The van der Waals surface area contributed by atoms with Gasteiger partial charge in [0.25, 0.3) is 0 Å². The molecule has 0 bridgehead atoms. The summed E-state index contributed by atoms with van der Waals surface area (Å²) in [4.78, 5) is 0. The molecule has 118 valence electrons. The molecule has 0 radical (unpaired) electrons. The number of aromatic amines is 1. The summed E-state index contributed by atoms with van der Waals surface area (Å²) < 4.78 is 40.8. The van der Waals surface area contributed by atoms with Gasteiger partial charge >= 0.3 is 6.36 Å². The van der Waals surface area contributed by atoms with Gasteiger partial charge in [0.05, 0.1) is 11.4 Å². The van der Waals surface area contributed by atoms with Gasteiger partial charge in [0.1, 0.15) is 5.75 Å². The summed E-state index contributed by atoms with van der Waals surface area (Å²) in [5.74, 6) is -0.282. The number of halogens is 3. The van der Waals surface area contributed by atoms with E-state index in [4.69, 9.17) is 5.73 Å². The van der Waals surface area contributed by atoms with E-state index in [2.05, 4.69) is 14.9 Å². The lowest BCUT2D eigenvalue weighted by Crippen LogP contribution is -2.17. The van der Waals surface area contributed by atoms with Crippen molar-refractivity contribution in [2.45, 2.75) is 6.36 Å². The van der Waals surface area contributed by atoms with Crippen LogP contribution in [0.3, 0.4) is 0 Å². The Labute approximate surface area is 129 Å². The van der Waals surface area contributed by atoms with Gasteiger partial charge in [-0.2, -0.15) is 5.10 Å². The molecule has 2 aromatic carbocycles. The van der Waals surface area contributed by atoms with Crippen molar-refractivity contribution in [3.05, 3.63) is 54.6 Å². The van der Waals surface area contributed by atoms with E-state index in [0.717, 1.165) is 5.56 Å². The smallest absolute Gasteiger partial charge is 0.406 e. The Kier molecular flexibility index (Phi) is 3.69. The number of nitrogens with zero attached hydrogens (tertiary/aromatic N) is 1. The molecule has 1 aromatic heterocycles. The quantitative estimate of drug-likeness (QED) is 0.710. The largest absolute Gasteiger partial charge is 0.573 e. The molecule has 7 heteroatoms. The molecule has 1 heterocycles. The number of benzene rings is 2. The van der Waals surface area contributed by atoms with Crippen LogP contribution in [-0.4, -0.2) is 16.6 Å². The fourth-order valence-electron chi connectivity index (χ4n) is 2.18. The van der Waals surface area contributed by atoms with Crippen LogP contribution in [0.2, 0.25) is 0 Å². The second-order valence-corrected chi connectivity index (χ2v) is 4.87. The summed E-state index contributed by atoms with van der Waals surface area (Å²) in [6.45, 7) is 0. The Morgan fingerprint density at radius 1 is 0.957 bits per heavy atom. The number of alkyl halides is 3. The number of hydrogen-bond acceptors (Lipinski definition) is 3. The van der Waals surface area contributed by atoms with Gasteiger partial charge in [-0.1, -0.05) is 24.3 Å². The number of nitrogens with one attached hydrogen (secondary N) is 1. The fraction of sp³-hybridized carbons (Fsp3) is 0.0625. The number of hydrogen-bond donors (Lipinski definition) is 2. The van der Waals surface area contributed by atoms with Crippen molar-refractivity contribution in [3.8, 4) is 28.3 Å². The minimum Gasteiger partial charge on any atom is -0.406 e. The third-order valence-electron chi connectivity index (χ3n) is 3.14. The van der Waals surface area contributed by atoms with Crippen LogP contribution in [0.5, 0.6) is 5.75 Å². The lowest BCUT2D eigenvalue weighted by molar-refractivity contribution is -0.274. The predicted octanol–water partition coefficient (Wildman–Crippen LogP) is 4.22. The molecule has 23 heavy (non-hydrogen) atoms. The van der Waals surface area contributed by atoms with E-state index in [1.807, 2.05) is 6.07 Å². The van der Waals surface area contributed by atoms with Gasteiger partial charge in [-0.25, -0.2) is 0 Å². The summed E-state index contributed by atoms with van der Waals surface area (Å²) in [5, 5.41) is 6.97. The van der Waals surface area contributed by atoms with Crippen LogP contribution in [0, 0.1) is 0 Å². The monoisotopic (exact) mass is 319 g/mol. The zero-order valence-electron chi connectivity index (χ0n) is 11.8. The van der Waals surface area contributed by atoms with Crippen molar-refractivity contribution in [1.82, 2.24) is 10.2 Å². The molecular formula is C16H12F3N3O. The van der Waals surface area contributed by atoms with Crippen LogP contribution in [0.4, 0.5) is 18.9 Å². The zero-order chi connectivity index (χ0) is 16.4. The first kappa shape index (κ1) is 15.0. The van der Waals surface area contributed by atoms with Crippen molar-refractivity contribution >= 4 is 5.69 Å². The van der Waals surface area contributed by atoms with Crippen LogP contribution >= 0.6 is 0 Å². The summed E-state index contributed by atoms with van der Waals surface area (Å²) in [6, 6.07) is 14.6. The molecule has 0 unspecified atom stereocenters. The van der Waals surface area contributed by atoms with Crippen molar-refractivity contribution in [2.75, 3.05) is 5.73 Å². The number of aromatic nitrogens is 2. The topological polar surface area (TPSA) is 63.9 Å². The van der Waals surface area contributed by atoms with E-state index in [9.17, 15) is 13.2 Å². The molecule has 0 aliphatic rings. The number of nitrogen functional groups attached to an aromatic ring is 1. The van der Waals surface area contributed by atoms with Gasteiger partial charge in [0, 0.05) is 16.8 Å². The highest BCUT2D eigenvalue weighted by atomic mass is 19.4. The Bertz CT molecular complexity index is 827. The van der Waals surface area contributed by atoms with E-state index < -0.39 is 6.36 Å². The second kappa shape index (κ2) is 5.68. The Hall–Kier alpha value is -2.96. The van der Waals surface area contributed by atoms with Crippen LogP contribution < -0.4 is 10.5 Å². The van der Waals surface area contributed by atoms with Crippen molar-refractivity contribution in [1.29, 1.82) is 0 Å². The molecule has 3 rings (SSSR count). The molecule has 0 fully saturated rings. The van der Waals surface area contributed by atoms with E-state index in [0.29, 0.717) is 22.6 Å². The fourth-order valence-corrected chi connectivity index (χ4v) is 2.18. The zero-order valence-corrected chi connectivity index (χ0v) is 11.8. The van der Waals surface area contributed by atoms with Gasteiger partial charge in [0.2, 0.25) is 0 Å². The van der Waals surface area contributed by atoms with Crippen molar-refractivity contribution in [3.63, 3.8) is 0 Å². The maximum Gasteiger partial charge on any atom is 0.573 e. The van der Waals surface area contributed by atoms with E-state index in [1.165, 1.54) is 18.2 Å². The Morgan fingerprint density at radius 3 is 2.43 bits per heavy atom. The molecular weight excluding hydrogens is 307 g/mol. The summed E-state index contributed by atoms with van der Waals surface area (Å²) in [5.41, 5.74) is 8.91. The highest BCUT2D eigenvalue weighted by Crippen LogP contribution is 2.29. The highest BCUT2D eigenvalue weighted by Gasteiger charge is 2.31. The molecule has 3 aromatic rings. The number of ether oxygens (including phenoxy) is 1. The average molecular weight is 319 g/mol. The van der Waals surface area contributed by atoms with E-state index in [1.54, 1.807) is 30.3 Å². The minimum absolute atomic E-state index is 0.282. The summed E-state index contributed by atoms with van der Waals surface area (Å²) >= 11 is 0. The second-order valence-electron chi connectivity index (χ2n) is 4.87. The normalized spacial score (nSPS) is 11.4. The van der Waals surface area contributed by atoms with Gasteiger partial charge in [-0.15, -0.1) is 13.2 Å². The lowest BCUT2D eigenvalue weighted by atomic mass is 10.1. The van der Waals surface area contributed by atoms with Crippen LogP contribution in [0.25, 0.3) is 22.5 Å². The van der Waals surface area contributed by atoms with E-state index >= 15 is 0 Å². The van der Waals surface area contributed by atoms with Gasteiger partial charge < -0.3 is 10.5 Å². The molecule has 0 aliphatic heterocycles. The maximum atomic E-state index is 12.3. The molecule has 0 atom stereocenters. The van der Waals surface area contributed by atoms with Crippen LogP contribution in [0.1, 0.15) is 0 Å². The standard InChI is InChI=1S/C16H12F3N3O/c17-16(18,19)23-13-6-2-4-11(8-13)15-9-14(21-22-15)10-3-1-5-12(20)7-10/h1-9H,20H2,(H,21,22). The molecule has 4 nitrogen and oxygen atoms in total. The summed E-state index contributed by atoms with van der Waals surface area (Å²) in [7, 11) is 0. The van der Waals surface area contributed by atoms with Crippen LogP contribution in [0.15, 0.2) is 54.6 Å². The number of nitrogens with two attached hydrogens (primary N) is 1. The first-order valence-electron chi connectivity index (χ1n) is 6.68. The SMILES string of the molecule is Nc1cccc(-c2cc(-c3cccc(OC(F)(F)F)c3)[nH]n2)c1. The Balaban J connectivity index is 1.90. The predicted molar refractivity (Wildman–Crippen MR) is 80.6 cm³/mol. The van der Waals surface area contributed by atoms with Gasteiger partial charge in [-0.3, -0.25) is 5.10 Å². The molecule has 0 spiro atoms. The minimum atomic E-state index is -4.72. The van der Waals surface area contributed by atoms with Crippen LogP contribution in [-0.2, 0) is 0 Å². The number of H-pyrrole nitrogens is 1. The number of anilines is 1. The van der Waals surface area contributed by atoms with E-state index in [-0.39, 0.29) is 5.75 Å². The first-order valence-corrected chi connectivity index (χ1v) is 6.68. The highest BCUT2D eigenvalue weighted by molar-refractivity contribution is 5.70. The Morgan fingerprint density at radius 2 is 1.70 bits per heavy atom. The van der Waals surface area contributed by atoms with Gasteiger partial charge in [-0.05, 0) is 30.3 Å². The molecule has 0 saturated carbocycles. The third kappa shape index (κ3) is 3.63. The van der Waals surface area contributed by atoms with Crippen molar-refractivity contribution < 1.29 is 17.9 Å².